The molecule has 7 nitrogen and oxygen atoms in total. The van der Waals surface area contributed by atoms with Crippen LogP contribution in [0.15, 0.2) is 24.4 Å². The van der Waals surface area contributed by atoms with Crippen LogP contribution in [0.1, 0.15) is 49.3 Å². The number of halogens is 1. The van der Waals surface area contributed by atoms with E-state index in [-0.39, 0.29) is 17.1 Å². The van der Waals surface area contributed by atoms with E-state index in [1.807, 2.05) is 6.07 Å². The van der Waals surface area contributed by atoms with E-state index in [1.165, 1.54) is 6.20 Å². The van der Waals surface area contributed by atoms with Crippen molar-refractivity contribution >= 4 is 29.1 Å². The minimum Gasteiger partial charge on any atom is -0.381 e. The molecule has 8 heteroatoms. The van der Waals surface area contributed by atoms with Crippen LogP contribution < -0.4 is 10.2 Å². The van der Waals surface area contributed by atoms with Gasteiger partial charge in [-0.1, -0.05) is 11.6 Å². The summed E-state index contributed by atoms with van der Waals surface area (Å²) in [6, 6.07) is 5.29. The summed E-state index contributed by atoms with van der Waals surface area (Å²) in [5.41, 5.74) is 1.83. The molecule has 0 radical (unpaired) electrons. The molecule has 1 saturated heterocycles. The van der Waals surface area contributed by atoms with Gasteiger partial charge in [-0.2, -0.15) is 0 Å². The van der Waals surface area contributed by atoms with E-state index in [0.717, 1.165) is 17.1 Å². The number of amides is 1. The minimum atomic E-state index is -0.324. The molecule has 2 aliphatic rings. The average molecular weight is 445 g/mol. The third kappa shape index (κ3) is 5.17. The molecule has 1 amide bonds. The molecule has 0 saturated carbocycles. The van der Waals surface area contributed by atoms with Gasteiger partial charge in [-0.05, 0) is 57.9 Å². The van der Waals surface area contributed by atoms with Gasteiger partial charge < -0.3 is 19.7 Å². The quantitative estimate of drug-likeness (QED) is 0.773. The highest BCUT2D eigenvalue weighted by molar-refractivity contribution is 6.30. The van der Waals surface area contributed by atoms with Gasteiger partial charge in [0.15, 0.2) is 0 Å². The second-order valence-corrected chi connectivity index (χ2v) is 9.80. The lowest BCUT2D eigenvalue weighted by Gasteiger charge is -2.47. The van der Waals surface area contributed by atoms with Gasteiger partial charge in [0.1, 0.15) is 11.6 Å². The molecule has 4 rings (SSSR count). The molecule has 0 aromatic carbocycles. The van der Waals surface area contributed by atoms with Gasteiger partial charge in [-0.25, -0.2) is 9.97 Å². The topological polar surface area (TPSA) is 76.6 Å². The van der Waals surface area contributed by atoms with Crippen LogP contribution >= 0.6 is 11.6 Å². The summed E-state index contributed by atoms with van der Waals surface area (Å²) in [6.45, 7) is 10.9. The number of fused-ring (bicyclic) bond motifs is 1. The molecule has 0 spiro atoms. The number of carbonyl (C=O) groups is 1. The monoisotopic (exact) mass is 444 g/mol. The number of aromatic nitrogens is 2. The van der Waals surface area contributed by atoms with E-state index in [1.54, 1.807) is 12.1 Å². The zero-order valence-electron chi connectivity index (χ0n) is 18.5. The zero-order chi connectivity index (χ0) is 22.2. The molecule has 31 heavy (non-hydrogen) atoms. The maximum Gasteiger partial charge on any atom is 0.257 e. The van der Waals surface area contributed by atoms with Crippen molar-refractivity contribution in [3.8, 4) is 0 Å². The van der Waals surface area contributed by atoms with Crippen molar-refractivity contribution in [2.75, 3.05) is 36.5 Å². The number of rotatable bonds is 3. The molecular formula is C23H29ClN4O3. The largest absolute Gasteiger partial charge is 0.381 e. The lowest BCUT2D eigenvalue weighted by atomic mass is 9.97. The Morgan fingerprint density at radius 2 is 1.84 bits per heavy atom. The molecule has 0 atom stereocenters. The molecule has 2 aromatic heterocycles. The number of hydrogen-bond acceptors (Lipinski definition) is 6. The molecule has 1 N–H and O–H groups in total. The Bertz CT molecular complexity index is 960. The maximum absolute atomic E-state index is 13.3. The van der Waals surface area contributed by atoms with Crippen LogP contribution in [0.2, 0.25) is 5.02 Å². The molecule has 2 aliphatic heterocycles. The number of carbonyl (C=O) groups excluding carboxylic acids is 1. The Kier molecular flexibility index (Phi) is 5.94. The van der Waals surface area contributed by atoms with Crippen LogP contribution in [-0.4, -0.2) is 53.4 Å². The van der Waals surface area contributed by atoms with E-state index < -0.39 is 0 Å². The standard InChI is InChI=1S/C23H29ClN4O3/c1-22(2)13-28(14-23(3,4)31-22)20-11-17(16-7-9-30-10-8-18(16)26-20)21(29)27-19-6-5-15(24)12-25-19/h5-6,11-12H,7-10,13-14H2,1-4H3,(H,25,27,29). The van der Waals surface area contributed by atoms with Crippen molar-refractivity contribution in [2.45, 2.75) is 51.7 Å². The Morgan fingerprint density at radius 1 is 1.13 bits per heavy atom. The Labute approximate surface area is 188 Å². The smallest absolute Gasteiger partial charge is 0.257 e. The zero-order valence-corrected chi connectivity index (χ0v) is 19.3. The van der Waals surface area contributed by atoms with E-state index in [0.29, 0.717) is 55.5 Å². The Hall–Kier alpha value is -2.22. The number of nitrogens with zero attached hydrogens (tertiary/aromatic N) is 3. The SMILES string of the molecule is CC1(C)CN(c2cc(C(=O)Nc3ccc(Cl)cn3)c3c(n2)CCOCC3)CC(C)(C)O1. The molecule has 1 fully saturated rings. The fraction of sp³-hybridized carbons (Fsp3) is 0.522. The van der Waals surface area contributed by atoms with Gasteiger partial charge in [-0.15, -0.1) is 0 Å². The van der Waals surface area contributed by atoms with Crippen molar-refractivity contribution < 1.29 is 14.3 Å². The predicted molar refractivity (Wildman–Crippen MR) is 121 cm³/mol. The molecule has 4 heterocycles. The Balaban J connectivity index is 1.71. The number of hydrogen-bond donors (Lipinski definition) is 1. The molecule has 0 aliphatic carbocycles. The summed E-state index contributed by atoms with van der Waals surface area (Å²) in [6.07, 6.45) is 2.85. The second kappa shape index (κ2) is 8.37. The molecule has 166 valence electrons. The number of nitrogens with one attached hydrogen (secondary N) is 1. The van der Waals surface area contributed by atoms with Gasteiger partial charge in [0.2, 0.25) is 0 Å². The van der Waals surface area contributed by atoms with Crippen LogP contribution in [-0.2, 0) is 22.3 Å². The minimum absolute atomic E-state index is 0.205. The summed E-state index contributed by atoms with van der Waals surface area (Å²) in [4.78, 5) is 24.7. The number of pyridine rings is 2. The lowest BCUT2D eigenvalue weighted by Crippen LogP contribution is -2.57. The van der Waals surface area contributed by atoms with Gasteiger partial charge in [0.25, 0.3) is 5.91 Å². The Morgan fingerprint density at radius 3 is 2.52 bits per heavy atom. The second-order valence-electron chi connectivity index (χ2n) is 9.36. The third-order valence-electron chi connectivity index (χ3n) is 5.41. The summed E-state index contributed by atoms with van der Waals surface area (Å²) >= 11 is 5.92. The first-order valence-corrected chi connectivity index (χ1v) is 11.0. The molecule has 0 bridgehead atoms. The summed E-state index contributed by atoms with van der Waals surface area (Å²) in [5.74, 6) is 1.04. The first-order valence-electron chi connectivity index (χ1n) is 10.6. The highest BCUT2D eigenvalue weighted by Gasteiger charge is 2.39. The number of ether oxygens (including phenoxy) is 2. The first kappa shape index (κ1) is 22.0. The third-order valence-corrected chi connectivity index (χ3v) is 5.63. The fourth-order valence-corrected chi connectivity index (χ4v) is 4.60. The van der Waals surface area contributed by atoms with Crippen molar-refractivity contribution in [2.24, 2.45) is 0 Å². The van der Waals surface area contributed by atoms with Gasteiger partial charge >= 0.3 is 0 Å². The normalized spacial score (nSPS) is 20.0. The van der Waals surface area contributed by atoms with E-state index in [4.69, 9.17) is 26.1 Å². The molecule has 2 aromatic rings. The highest BCUT2D eigenvalue weighted by Crippen LogP contribution is 2.32. The maximum atomic E-state index is 13.3. The van der Waals surface area contributed by atoms with Crippen LogP contribution in [0, 0.1) is 0 Å². The predicted octanol–water partition coefficient (Wildman–Crippen LogP) is 3.89. The van der Waals surface area contributed by atoms with Crippen molar-refractivity contribution in [1.29, 1.82) is 0 Å². The molecular weight excluding hydrogens is 416 g/mol. The summed E-state index contributed by atoms with van der Waals surface area (Å²) < 4.78 is 11.9. The van der Waals surface area contributed by atoms with Gasteiger partial charge in [0.05, 0.1) is 29.4 Å². The first-order chi connectivity index (χ1) is 14.6. The van der Waals surface area contributed by atoms with Crippen molar-refractivity contribution in [3.05, 3.63) is 46.2 Å². The number of morpholine rings is 1. The fourth-order valence-electron chi connectivity index (χ4n) is 4.49. The van der Waals surface area contributed by atoms with Gasteiger partial charge in [-0.3, -0.25) is 4.79 Å². The van der Waals surface area contributed by atoms with Gasteiger partial charge in [0, 0.05) is 37.0 Å². The highest BCUT2D eigenvalue weighted by atomic mass is 35.5. The van der Waals surface area contributed by atoms with E-state index in [9.17, 15) is 4.79 Å². The van der Waals surface area contributed by atoms with E-state index >= 15 is 0 Å². The molecule has 0 unspecified atom stereocenters. The van der Waals surface area contributed by atoms with Crippen LogP contribution in [0.25, 0.3) is 0 Å². The van der Waals surface area contributed by atoms with Crippen molar-refractivity contribution in [3.63, 3.8) is 0 Å². The van der Waals surface area contributed by atoms with Crippen molar-refractivity contribution in [1.82, 2.24) is 9.97 Å². The van der Waals surface area contributed by atoms with E-state index in [2.05, 4.69) is 42.9 Å². The van der Waals surface area contributed by atoms with Crippen LogP contribution in [0.3, 0.4) is 0 Å². The lowest BCUT2D eigenvalue weighted by molar-refractivity contribution is -0.133. The average Bonchev–Trinajstić information content (AvgIpc) is 2.92. The summed E-state index contributed by atoms with van der Waals surface area (Å²) in [5, 5.41) is 3.42. The number of anilines is 2. The van der Waals surface area contributed by atoms with Crippen LogP contribution in [0.4, 0.5) is 11.6 Å². The summed E-state index contributed by atoms with van der Waals surface area (Å²) in [7, 11) is 0. The van der Waals surface area contributed by atoms with Crippen LogP contribution in [0.5, 0.6) is 0 Å².